The molecule has 0 radical (unpaired) electrons. The van der Waals surface area contributed by atoms with Crippen molar-refractivity contribution in [1.29, 1.82) is 0 Å². The van der Waals surface area contributed by atoms with Crippen molar-refractivity contribution in [2.45, 2.75) is 0 Å². The van der Waals surface area contributed by atoms with Gasteiger partial charge in [0.2, 0.25) is 5.78 Å². The number of aromatic nitrogens is 1. The van der Waals surface area contributed by atoms with Gasteiger partial charge in [-0.2, -0.15) is 0 Å². The van der Waals surface area contributed by atoms with Crippen LogP contribution in [0.2, 0.25) is 0 Å². The maximum absolute atomic E-state index is 14.0. The lowest BCUT2D eigenvalue weighted by Crippen LogP contribution is -2.36. The number of allylic oxidation sites excluding steroid dienone is 4. The van der Waals surface area contributed by atoms with E-state index >= 15 is 0 Å². The molecule has 1 N–H and O–H groups in total. The summed E-state index contributed by atoms with van der Waals surface area (Å²) in [5, 5.41) is 15.5. The van der Waals surface area contributed by atoms with E-state index in [1.54, 1.807) is 33.8 Å². The molecule has 1 aliphatic rings. The molecule has 0 saturated heterocycles. The molecular formula is C43H28N2O4. The van der Waals surface area contributed by atoms with E-state index in [4.69, 9.17) is 0 Å². The number of para-hydroxylation sites is 2. The summed E-state index contributed by atoms with van der Waals surface area (Å²) in [5.41, 5.74) is 2.67. The molecule has 6 nitrogen and oxygen atoms in total. The number of pyridine rings is 1. The predicted molar refractivity (Wildman–Crippen MR) is 197 cm³/mol. The summed E-state index contributed by atoms with van der Waals surface area (Å²) in [5.74, 6) is -0.911. The number of nitrogens with zero attached hydrogens (tertiary/aromatic N) is 2. The number of aromatic hydroxyl groups is 1. The Balaban J connectivity index is 1.22. The van der Waals surface area contributed by atoms with Gasteiger partial charge in [-0.15, -0.1) is 0 Å². The number of hydrogen-bond donors (Lipinski definition) is 1. The van der Waals surface area contributed by atoms with Crippen molar-refractivity contribution >= 4 is 61.6 Å². The largest absolute Gasteiger partial charge is 0.506 e. The molecule has 8 rings (SSSR count). The predicted octanol–water partition coefficient (Wildman–Crippen LogP) is 9.06. The monoisotopic (exact) mass is 636 g/mol. The van der Waals surface area contributed by atoms with Crippen molar-refractivity contribution in [2.75, 3.05) is 4.90 Å². The second-order valence-electron chi connectivity index (χ2n) is 11.7. The summed E-state index contributed by atoms with van der Waals surface area (Å²) in [6.07, 6.45) is 7.92. The van der Waals surface area contributed by atoms with Crippen LogP contribution in [0.1, 0.15) is 15.9 Å². The van der Waals surface area contributed by atoms with Crippen LogP contribution in [-0.4, -0.2) is 21.4 Å². The zero-order valence-electron chi connectivity index (χ0n) is 26.2. The third-order valence-electron chi connectivity index (χ3n) is 8.90. The van der Waals surface area contributed by atoms with Gasteiger partial charge in [-0.1, -0.05) is 115 Å². The van der Waals surface area contributed by atoms with Gasteiger partial charge in [0.05, 0.1) is 27.9 Å². The zero-order chi connectivity index (χ0) is 33.5. The first kappa shape index (κ1) is 29.6. The Kier molecular flexibility index (Phi) is 7.31. The molecule has 0 fully saturated rings. The highest BCUT2D eigenvalue weighted by molar-refractivity contribution is 6.39. The van der Waals surface area contributed by atoms with E-state index in [1.807, 2.05) is 133 Å². The number of Topliss-reactive ketones (excluding diaryl/α,β-unsaturated/α-hetero) is 1. The maximum Gasteiger partial charge on any atom is 0.266 e. The summed E-state index contributed by atoms with van der Waals surface area (Å²) in [6.45, 7) is 0. The van der Waals surface area contributed by atoms with E-state index in [-0.39, 0.29) is 28.2 Å². The third kappa shape index (κ3) is 4.94. The molecule has 234 valence electrons. The van der Waals surface area contributed by atoms with Crippen LogP contribution in [-0.2, 0) is 4.79 Å². The Bertz CT molecular complexity index is 2620. The molecule has 0 spiro atoms. The van der Waals surface area contributed by atoms with Crippen LogP contribution in [0.15, 0.2) is 168 Å². The fourth-order valence-electron chi connectivity index (χ4n) is 6.64. The molecule has 2 heterocycles. The van der Waals surface area contributed by atoms with Crippen molar-refractivity contribution in [1.82, 2.24) is 4.57 Å². The Labute approximate surface area is 281 Å². The van der Waals surface area contributed by atoms with Crippen LogP contribution in [0.3, 0.4) is 0 Å². The molecule has 0 atom stereocenters. The zero-order valence-corrected chi connectivity index (χ0v) is 26.2. The van der Waals surface area contributed by atoms with Crippen LogP contribution < -0.4 is 10.5 Å². The molecule has 6 aromatic carbocycles. The van der Waals surface area contributed by atoms with Crippen molar-refractivity contribution in [3.8, 4) is 11.4 Å². The van der Waals surface area contributed by atoms with Crippen LogP contribution in [0.25, 0.3) is 44.2 Å². The lowest BCUT2D eigenvalue weighted by molar-refractivity contribution is -0.114. The maximum atomic E-state index is 14.0. The van der Waals surface area contributed by atoms with Crippen LogP contribution >= 0.6 is 0 Å². The number of fused-ring (bicyclic) bond motifs is 6. The summed E-state index contributed by atoms with van der Waals surface area (Å²) >= 11 is 0. The van der Waals surface area contributed by atoms with Gasteiger partial charge in [0.1, 0.15) is 5.75 Å². The Morgan fingerprint density at radius 3 is 1.92 bits per heavy atom. The van der Waals surface area contributed by atoms with Gasteiger partial charge in [0.25, 0.3) is 11.5 Å². The second-order valence-corrected chi connectivity index (χ2v) is 11.7. The van der Waals surface area contributed by atoms with Crippen molar-refractivity contribution in [3.63, 3.8) is 0 Å². The number of carbonyl (C=O) groups is 2. The molecule has 1 aliphatic heterocycles. The average Bonchev–Trinajstić information content (AvgIpc) is 3.14. The van der Waals surface area contributed by atoms with Crippen molar-refractivity contribution in [2.24, 2.45) is 0 Å². The Hall–Kier alpha value is -6.79. The molecule has 0 unspecified atom stereocenters. The molecule has 49 heavy (non-hydrogen) atoms. The van der Waals surface area contributed by atoms with Gasteiger partial charge >= 0.3 is 0 Å². The number of carbonyl (C=O) groups excluding carboxylic acids is 2. The number of benzene rings is 6. The summed E-state index contributed by atoms with van der Waals surface area (Å²) in [4.78, 5) is 43.4. The average molecular weight is 637 g/mol. The molecule has 0 aliphatic carbocycles. The first-order valence-electron chi connectivity index (χ1n) is 15.9. The first-order chi connectivity index (χ1) is 24.0. The molecular weight excluding hydrogens is 608 g/mol. The summed E-state index contributed by atoms with van der Waals surface area (Å²) in [7, 11) is 0. The van der Waals surface area contributed by atoms with Crippen molar-refractivity contribution < 1.29 is 14.7 Å². The van der Waals surface area contributed by atoms with Gasteiger partial charge in [-0.05, 0) is 70.1 Å². The van der Waals surface area contributed by atoms with Gasteiger partial charge in [0.15, 0.2) is 0 Å². The van der Waals surface area contributed by atoms with Crippen LogP contribution in [0.4, 0.5) is 11.4 Å². The number of hydrogen-bond acceptors (Lipinski definition) is 4. The lowest BCUT2D eigenvalue weighted by Gasteiger charge is -2.30. The molecule has 1 amide bonds. The highest BCUT2D eigenvalue weighted by Gasteiger charge is 2.36. The molecule has 1 aromatic heterocycles. The fourth-order valence-corrected chi connectivity index (χ4v) is 6.64. The second kappa shape index (κ2) is 12.1. The topological polar surface area (TPSA) is 79.6 Å². The minimum absolute atomic E-state index is 0.0174. The molecule has 0 bridgehead atoms. The Morgan fingerprint density at radius 2 is 1.18 bits per heavy atom. The molecule has 6 heteroatoms. The highest BCUT2D eigenvalue weighted by Crippen LogP contribution is 2.40. The minimum atomic E-state index is -0.433. The number of amides is 1. The van der Waals surface area contributed by atoms with Gasteiger partial charge in [-0.25, -0.2) is 0 Å². The van der Waals surface area contributed by atoms with E-state index < -0.39 is 5.91 Å². The van der Waals surface area contributed by atoms with E-state index in [9.17, 15) is 19.5 Å². The quantitative estimate of drug-likeness (QED) is 0.0885. The smallest absolute Gasteiger partial charge is 0.266 e. The third-order valence-corrected chi connectivity index (χ3v) is 8.90. The SMILES string of the molecule is O=C1C(=CC=CC=Cc2c(O)c3c4ccccc4ccc3n(-c3ccccc3)c2=O)C(=O)N(c2ccccc2)c2ccc3ccccc3c21. The van der Waals surface area contributed by atoms with Gasteiger partial charge in [0, 0.05) is 16.8 Å². The standard InChI is InChI=1S/C43H28N2O4/c46-40-34(42(48)44(30-16-4-1-5-17-30)36-26-24-28-14-10-12-20-32(28)38(36)40)22-8-3-9-23-35-41(47)39-33-21-13-11-15-29(33)25-27-37(39)45(43(35)49)31-18-6-2-7-19-31/h1-27,46H. The minimum Gasteiger partial charge on any atom is -0.506 e. The van der Waals surface area contributed by atoms with E-state index in [0.29, 0.717) is 33.5 Å². The Morgan fingerprint density at radius 1 is 0.571 bits per heavy atom. The van der Waals surface area contributed by atoms with E-state index in [0.717, 1.165) is 21.5 Å². The lowest BCUT2D eigenvalue weighted by atomic mass is 9.90. The number of ketones is 1. The van der Waals surface area contributed by atoms with Crippen LogP contribution in [0.5, 0.6) is 5.75 Å². The van der Waals surface area contributed by atoms with E-state index in [2.05, 4.69) is 0 Å². The number of rotatable bonds is 5. The van der Waals surface area contributed by atoms with Gasteiger partial charge in [-0.3, -0.25) is 23.9 Å². The van der Waals surface area contributed by atoms with Crippen molar-refractivity contribution in [3.05, 3.63) is 185 Å². The molecule has 7 aromatic rings. The van der Waals surface area contributed by atoms with Gasteiger partial charge < -0.3 is 5.11 Å². The molecule has 0 saturated carbocycles. The first-order valence-corrected chi connectivity index (χ1v) is 15.9. The summed E-state index contributed by atoms with van der Waals surface area (Å²) < 4.78 is 1.60. The fraction of sp³-hybridized carbons (Fsp3) is 0. The van der Waals surface area contributed by atoms with Crippen LogP contribution in [0, 0.1) is 0 Å². The normalized spacial score (nSPS) is 14.2. The van der Waals surface area contributed by atoms with E-state index in [1.165, 1.54) is 6.08 Å². The number of anilines is 2. The highest BCUT2D eigenvalue weighted by atomic mass is 16.3. The summed E-state index contributed by atoms with van der Waals surface area (Å²) in [6, 6.07) is 41.4.